The van der Waals surface area contributed by atoms with Crippen molar-refractivity contribution in [3.63, 3.8) is 0 Å². The zero-order chi connectivity index (χ0) is 20.4. The van der Waals surface area contributed by atoms with E-state index in [0.717, 1.165) is 42.5 Å². The molecule has 1 aromatic carbocycles. The Morgan fingerprint density at radius 1 is 1.28 bits per heavy atom. The SMILES string of the molecule is Cc1nn(C)cc1-c1cc(C(=O)N2CCC(CCc3ccccc3F)CC2)on1. The molecule has 1 fully saturated rings. The molecule has 1 aliphatic heterocycles. The van der Waals surface area contributed by atoms with Crippen LogP contribution in [-0.4, -0.2) is 38.8 Å². The Hall–Kier alpha value is -2.96. The van der Waals surface area contributed by atoms with Crippen LogP contribution in [0, 0.1) is 18.7 Å². The van der Waals surface area contributed by atoms with E-state index in [1.807, 2.05) is 37.2 Å². The van der Waals surface area contributed by atoms with Gasteiger partial charge in [-0.05, 0) is 50.2 Å². The number of carbonyl (C=O) groups is 1. The number of likely N-dealkylation sites (tertiary alicyclic amines) is 1. The van der Waals surface area contributed by atoms with Crippen LogP contribution in [0.1, 0.15) is 41.1 Å². The molecule has 0 aliphatic carbocycles. The molecule has 4 rings (SSSR count). The van der Waals surface area contributed by atoms with Crippen LogP contribution in [0.5, 0.6) is 0 Å². The Morgan fingerprint density at radius 2 is 2.03 bits per heavy atom. The molecule has 152 valence electrons. The van der Waals surface area contributed by atoms with Gasteiger partial charge in [0.2, 0.25) is 5.76 Å². The van der Waals surface area contributed by atoms with Gasteiger partial charge >= 0.3 is 0 Å². The molecule has 3 heterocycles. The van der Waals surface area contributed by atoms with E-state index in [9.17, 15) is 9.18 Å². The molecular formula is C22H25FN4O2. The number of rotatable bonds is 5. The summed E-state index contributed by atoms with van der Waals surface area (Å²) in [6.07, 6.45) is 5.38. The van der Waals surface area contributed by atoms with Gasteiger partial charge in [-0.15, -0.1) is 0 Å². The summed E-state index contributed by atoms with van der Waals surface area (Å²) >= 11 is 0. The summed E-state index contributed by atoms with van der Waals surface area (Å²) in [5.74, 6) is 0.498. The highest BCUT2D eigenvalue weighted by atomic mass is 19.1. The molecule has 1 saturated heterocycles. The number of aryl methyl sites for hydroxylation is 3. The number of halogens is 1. The quantitative estimate of drug-likeness (QED) is 0.654. The van der Waals surface area contributed by atoms with Gasteiger partial charge in [0.05, 0.1) is 5.69 Å². The fraction of sp³-hybridized carbons (Fsp3) is 0.409. The van der Waals surface area contributed by atoms with E-state index in [4.69, 9.17) is 4.52 Å². The second kappa shape index (κ2) is 8.19. The van der Waals surface area contributed by atoms with Crippen molar-refractivity contribution < 1.29 is 13.7 Å². The number of hydrogen-bond acceptors (Lipinski definition) is 4. The lowest BCUT2D eigenvalue weighted by Gasteiger charge is -2.31. The topological polar surface area (TPSA) is 64.2 Å². The maximum Gasteiger partial charge on any atom is 0.292 e. The normalized spacial score (nSPS) is 15.1. The minimum absolute atomic E-state index is 0.127. The molecule has 0 bridgehead atoms. The van der Waals surface area contributed by atoms with Crippen LogP contribution in [-0.2, 0) is 13.5 Å². The van der Waals surface area contributed by atoms with Crippen LogP contribution in [0.4, 0.5) is 4.39 Å². The van der Waals surface area contributed by atoms with Crippen LogP contribution in [0.2, 0.25) is 0 Å². The lowest BCUT2D eigenvalue weighted by molar-refractivity contribution is 0.0645. The van der Waals surface area contributed by atoms with E-state index >= 15 is 0 Å². The molecule has 2 aromatic heterocycles. The first kappa shape index (κ1) is 19.4. The molecule has 3 aromatic rings. The van der Waals surface area contributed by atoms with Crippen LogP contribution in [0.3, 0.4) is 0 Å². The molecular weight excluding hydrogens is 371 g/mol. The molecule has 0 unspecified atom stereocenters. The summed E-state index contributed by atoms with van der Waals surface area (Å²) < 4.78 is 20.8. The highest BCUT2D eigenvalue weighted by Gasteiger charge is 2.26. The molecule has 0 radical (unpaired) electrons. The Morgan fingerprint density at radius 3 is 2.72 bits per heavy atom. The van der Waals surface area contributed by atoms with E-state index < -0.39 is 0 Å². The van der Waals surface area contributed by atoms with Gasteiger partial charge in [0.1, 0.15) is 11.5 Å². The van der Waals surface area contributed by atoms with E-state index in [1.165, 1.54) is 6.07 Å². The van der Waals surface area contributed by atoms with Gasteiger partial charge in [-0.3, -0.25) is 9.48 Å². The zero-order valence-electron chi connectivity index (χ0n) is 16.8. The van der Waals surface area contributed by atoms with Crippen molar-refractivity contribution in [1.29, 1.82) is 0 Å². The van der Waals surface area contributed by atoms with Crippen molar-refractivity contribution >= 4 is 5.91 Å². The highest BCUT2D eigenvalue weighted by Crippen LogP contribution is 2.26. The first-order valence-corrected chi connectivity index (χ1v) is 10.0. The van der Waals surface area contributed by atoms with Crippen molar-refractivity contribution in [2.75, 3.05) is 13.1 Å². The standard InChI is InChI=1S/C22H25FN4O2/c1-15-18(14-26(2)24-15)20-13-21(29-25-20)22(28)27-11-9-16(10-12-27)7-8-17-5-3-4-6-19(17)23/h3-6,13-14,16H,7-12H2,1-2H3. The van der Waals surface area contributed by atoms with Gasteiger partial charge in [-0.2, -0.15) is 5.10 Å². The second-order valence-electron chi connectivity index (χ2n) is 7.74. The van der Waals surface area contributed by atoms with Gasteiger partial charge in [0.15, 0.2) is 0 Å². The summed E-state index contributed by atoms with van der Waals surface area (Å²) in [7, 11) is 1.85. The van der Waals surface area contributed by atoms with Crippen molar-refractivity contribution in [2.45, 2.75) is 32.6 Å². The van der Waals surface area contributed by atoms with E-state index in [-0.39, 0.29) is 17.5 Å². The molecule has 1 amide bonds. The number of carbonyl (C=O) groups excluding carboxylic acids is 1. The van der Waals surface area contributed by atoms with Gasteiger partial charge in [-0.1, -0.05) is 23.4 Å². The summed E-state index contributed by atoms with van der Waals surface area (Å²) in [4.78, 5) is 14.6. The first-order chi connectivity index (χ1) is 14.0. The maximum absolute atomic E-state index is 13.8. The molecule has 1 aliphatic rings. The van der Waals surface area contributed by atoms with Crippen molar-refractivity contribution in [2.24, 2.45) is 13.0 Å². The summed E-state index contributed by atoms with van der Waals surface area (Å²) in [5.41, 5.74) is 3.10. The third-order valence-corrected chi connectivity index (χ3v) is 5.69. The monoisotopic (exact) mass is 396 g/mol. The maximum atomic E-state index is 13.8. The summed E-state index contributed by atoms with van der Waals surface area (Å²) in [6, 6.07) is 8.64. The predicted octanol–water partition coefficient (Wildman–Crippen LogP) is 4.01. The van der Waals surface area contributed by atoms with E-state index in [2.05, 4.69) is 10.3 Å². The summed E-state index contributed by atoms with van der Waals surface area (Å²) in [6.45, 7) is 3.27. The number of benzene rings is 1. The van der Waals surface area contributed by atoms with Crippen molar-refractivity contribution in [1.82, 2.24) is 19.8 Å². The van der Waals surface area contributed by atoms with Gasteiger partial charge < -0.3 is 9.42 Å². The average molecular weight is 396 g/mol. The Bertz CT molecular complexity index is 1000. The van der Waals surface area contributed by atoms with Crippen LogP contribution in [0.15, 0.2) is 41.1 Å². The minimum Gasteiger partial charge on any atom is -0.350 e. The number of nitrogens with zero attached hydrogens (tertiary/aromatic N) is 4. The lowest BCUT2D eigenvalue weighted by Crippen LogP contribution is -2.38. The molecule has 0 saturated carbocycles. The fourth-order valence-corrected chi connectivity index (χ4v) is 4.00. The van der Waals surface area contributed by atoms with Crippen molar-refractivity contribution in [3.8, 4) is 11.3 Å². The van der Waals surface area contributed by atoms with Gasteiger partial charge in [0, 0.05) is 38.0 Å². The van der Waals surface area contributed by atoms with Crippen LogP contribution in [0.25, 0.3) is 11.3 Å². The first-order valence-electron chi connectivity index (χ1n) is 10.0. The molecule has 7 heteroatoms. The van der Waals surface area contributed by atoms with Crippen LogP contribution >= 0.6 is 0 Å². The Balaban J connectivity index is 1.32. The third-order valence-electron chi connectivity index (χ3n) is 5.69. The average Bonchev–Trinajstić information content (AvgIpc) is 3.33. The van der Waals surface area contributed by atoms with Gasteiger partial charge in [-0.25, -0.2) is 4.39 Å². The highest BCUT2D eigenvalue weighted by molar-refractivity contribution is 5.92. The zero-order valence-corrected chi connectivity index (χ0v) is 16.8. The predicted molar refractivity (Wildman–Crippen MR) is 107 cm³/mol. The number of hydrogen-bond donors (Lipinski definition) is 0. The van der Waals surface area contributed by atoms with Crippen molar-refractivity contribution in [3.05, 3.63) is 59.4 Å². The molecule has 0 atom stereocenters. The van der Waals surface area contributed by atoms with E-state index in [1.54, 1.807) is 16.8 Å². The molecule has 0 N–H and O–H groups in total. The van der Waals surface area contributed by atoms with Crippen LogP contribution < -0.4 is 0 Å². The number of piperidine rings is 1. The Kier molecular flexibility index (Phi) is 5.47. The Labute approximate surface area is 169 Å². The number of aromatic nitrogens is 3. The summed E-state index contributed by atoms with van der Waals surface area (Å²) in [5, 5.41) is 8.35. The number of amides is 1. The smallest absolute Gasteiger partial charge is 0.292 e. The minimum atomic E-state index is -0.134. The molecule has 29 heavy (non-hydrogen) atoms. The molecule has 6 nitrogen and oxygen atoms in total. The second-order valence-corrected chi connectivity index (χ2v) is 7.74. The lowest BCUT2D eigenvalue weighted by atomic mass is 9.90. The molecule has 0 spiro atoms. The largest absolute Gasteiger partial charge is 0.350 e. The van der Waals surface area contributed by atoms with Gasteiger partial charge in [0.25, 0.3) is 5.91 Å². The fourth-order valence-electron chi connectivity index (χ4n) is 4.00. The van der Waals surface area contributed by atoms with E-state index in [0.29, 0.717) is 24.7 Å². The third kappa shape index (κ3) is 4.23.